The molecule has 0 bridgehead atoms. The minimum atomic E-state index is -1.07. The predicted molar refractivity (Wildman–Crippen MR) is 131 cm³/mol. The number of hydrazone groups is 1. The summed E-state index contributed by atoms with van der Waals surface area (Å²) in [6.07, 6.45) is 0. The van der Waals surface area contributed by atoms with Crippen LogP contribution < -0.4 is 10.3 Å². The molecule has 1 aliphatic rings. The number of aromatic hydroxyl groups is 1. The predicted octanol–water partition coefficient (Wildman–Crippen LogP) is 5.39. The Morgan fingerprint density at radius 3 is 2.37 bits per heavy atom. The number of hydrogen-bond acceptors (Lipinski definition) is 5. The Bertz CT molecular complexity index is 1500. The van der Waals surface area contributed by atoms with E-state index in [9.17, 15) is 24.2 Å². The van der Waals surface area contributed by atoms with Crippen molar-refractivity contribution >= 4 is 34.7 Å². The monoisotopic (exact) mass is 467 g/mol. The highest BCUT2D eigenvalue weighted by atomic mass is 19.1. The van der Waals surface area contributed by atoms with Gasteiger partial charge >= 0.3 is 5.97 Å². The molecular formula is C27H18FN3O4. The molecule has 4 aromatic carbocycles. The van der Waals surface area contributed by atoms with Gasteiger partial charge in [0.25, 0.3) is 5.91 Å². The van der Waals surface area contributed by atoms with Gasteiger partial charge in [0.15, 0.2) is 5.71 Å². The topological polar surface area (TPSA) is 102 Å². The number of hydrogen-bond donors (Lipinski definition) is 3. The van der Waals surface area contributed by atoms with Crippen molar-refractivity contribution in [1.29, 1.82) is 0 Å². The zero-order valence-corrected chi connectivity index (χ0v) is 18.1. The van der Waals surface area contributed by atoms with Crippen molar-refractivity contribution in [2.24, 2.45) is 5.10 Å². The molecule has 1 aliphatic heterocycles. The molecule has 0 saturated carbocycles. The Morgan fingerprint density at radius 2 is 1.60 bits per heavy atom. The number of phenols is 1. The summed E-state index contributed by atoms with van der Waals surface area (Å²) >= 11 is 0. The molecule has 7 nitrogen and oxygen atoms in total. The number of carbonyl (C=O) groups excluding carboxylic acids is 1. The Hall–Kier alpha value is -4.98. The highest BCUT2D eigenvalue weighted by molar-refractivity contribution is 6.55. The summed E-state index contributed by atoms with van der Waals surface area (Å²) in [7, 11) is 0. The first-order chi connectivity index (χ1) is 16.9. The number of phenolic OH excluding ortho intramolecular Hbond substituents is 1. The lowest BCUT2D eigenvalue weighted by atomic mass is 10.0. The maximum absolute atomic E-state index is 13.4. The molecule has 5 rings (SSSR count). The van der Waals surface area contributed by atoms with E-state index in [0.717, 1.165) is 0 Å². The number of rotatable bonds is 5. The zero-order valence-electron chi connectivity index (χ0n) is 18.1. The molecule has 0 atom stereocenters. The minimum absolute atomic E-state index is 0.0922. The van der Waals surface area contributed by atoms with Crippen LogP contribution in [0.15, 0.2) is 96.1 Å². The molecule has 0 aromatic heterocycles. The summed E-state index contributed by atoms with van der Waals surface area (Å²) in [6, 6.07) is 23.8. The first-order valence-electron chi connectivity index (χ1n) is 10.6. The van der Waals surface area contributed by atoms with Crippen LogP contribution in [0.3, 0.4) is 0 Å². The summed E-state index contributed by atoms with van der Waals surface area (Å²) in [5.74, 6) is -2.03. The summed E-state index contributed by atoms with van der Waals surface area (Å²) in [5.41, 5.74) is 5.83. The van der Waals surface area contributed by atoms with Gasteiger partial charge in [-0.1, -0.05) is 42.5 Å². The summed E-state index contributed by atoms with van der Waals surface area (Å²) in [6.45, 7) is 0. The molecule has 1 heterocycles. The maximum Gasteiger partial charge on any atom is 0.335 e. The van der Waals surface area contributed by atoms with Crippen molar-refractivity contribution in [3.63, 3.8) is 0 Å². The molecule has 0 radical (unpaired) electrons. The Morgan fingerprint density at radius 1 is 0.886 bits per heavy atom. The quantitative estimate of drug-likeness (QED) is 0.270. The smallest absolute Gasteiger partial charge is 0.335 e. The van der Waals surface area contributed by atoms with Gasteiger partial charge in [-0.15, -0.1) is 0 Å². The number of para-hydroxylation sites is 2. The third-order valence-corrected chi connectivity index (χ3v) is 5.64. The van der Waals surface area contributed by atoms with E-state index in [0.29, 0.717) is 28.1 Å². The van der Waals surface area contributed by atoms with Crippen LogP contribution in [0.2, 0.25) is 0 Å². The van der Waals surface area contributed by atoms with Gasteiger partial charge in [-0.3, -0.25) is 15.1 Å². The van der Waals surface area contributed by atoms with Gasteiger partial charge in [0, 0.05) is 16.8 Å². The van der Waals surface area contributed by atoms with Crippen molar-refractivity contribution < 1.29 is 24.2 Å². The van der Waals surface area contributed by atoms with Crippen LogP contribution in [0.5, 0.6) is 5.75 Å². The number of carboxylic acids is 1. The average molecular weight is 467 g/mol. The van der Waals surface area contributed by atoms with Crippen molar-refractivity contribution in [2.75, 3.05) is 10.3 Å². The number of amides is 1. The second kappa shape index (κ2) is 8.75. The molecule has 172 valence electrons. The number of nitrogens with zero attached hydrogens (tertiary/aromatic N) is 2. The average Bonchev–Trinajstić information content (AvgIpc) is 3.15. The number of carboxylic acid groups (broad SMARTS) is 1. The zero-order chi connectivity index (χ0) is 24.5. The van der Waals surface area contributed by atoms with Crippen molar-refractivity contribution in [3.8, 4) is 16.9 Å². The maximum atomic E-state index is 13.4. The van der Waals surface area contributed by atoms with Crippen LogP contribution in [0.4, 0.5) is 21.5 Å². The van der Waals surface area contributed by atoms with Crippen LogP contribution in [0, 0.1) is 5.82 Å². The summed E-state index contributed by atoms with van der Waals surface area (Å²) < 4.78 is 13.4. The van der Waals surface area contributed by atoms with Crippen LogP contribution >= 0.6 is 0 Å². The number of aromatic carboxylic acids is 1. The lowest BCUT2D eigenvalue weighted by Crippen LogP contribution is -2.26. The molecule has 35 heavy (non-hydrogen) atoms. The van der Waals surface area contributed by atoms with Crippen LogP contribution in [0.1, 0.15) is 15.9 Å². The fourth-order valence-electron chi connectivity index (χ4n) is 3.96. The Kier molecular flexibility index (Phi) is 5.46. The molecule has 3 N–H and O–H groups in total. The second-order valence-electron chi connectivity index (χ2n) is 7.79. The first-order valence-corrected chi connectivity index (χ1v) is 10.6. The molecule has 1 amide bonds. The largest absolute Gasteiger partial charge is 0.505 e. The molecule has 8 heteroatoms. The minimum Gasteiger partial charge on any atom is -0.505 e. The molecule has 0 fully saturated rings. The van der Waals surface area contributed by atoms with Crippen LogP contribution in [-0.4, -0.2) is 27.8 Å². The molecule has 0 saturated heterocycles. The van der Waals surface area contributed by atoms with E-state index >= 15 is 0 Å². The lowest BCUT2D eigenvalue weighted by Gasteiger charge is -2.16. The normalized spacial score (nSPS) is 13.7. The van der Waals surface area contributed by atoms with Gasteiger partial charge in [-0.25, -0.2) is 9.18 Å². The van der Waals surface area contributed by atoms with Gasteiger partial charge in [0.1, 0.15) is 11.6 Å². The van der Waals surface area contributed by atoms with Crippen molar-refractivity contribution in [3.05, 3.63) is 108 Å². The van der Waals surface area contributed by atoms with Gasteiger partial charge in [0.05, 0.1) is 16.9 Å². The van der Waals surface area contributed by atoms with E-state index < -0.39 is 17.7 Å². The van der Waals surface area contributed by atoms with Crippen molar-refractivity contribution in [1.82, 2.24) is 0 Å². The number of anilines is 3. The SMILES string of the molecule is O=C(O)c1cccc(-c2cccc(N/N=C3\C(=O)N(c4ccc(F)cc4)c4ccccc43)c2O)c1. The Labute approximate surface area is 199 Å². The van der Waals surface area contributed by atoms with Crippen LogP contribution in [-0.2, 0) is 4.79 Å². The standard InChI is InChI=1S/C27H18FN3O4/c28-18-11-13-19(14-12-18)31-23-10-2-1-7-21(23)24(26(31)33)30-29-22-9-4-8-20(25(22)32)16-5-3-6-17(15-16)27(34)35/h1-15,29,32H,(H,34,35)/b30-24-. The fourth-order valence-corrected chi connectivity index (χ4v) is 3.96. The molecular weight excluding hydrogens is 449 g/mol. The van der Waals surface area contributed by atoms with Gasteiger partial charge in [0.2, 0.25) is 0 Å². The number of carbonyl (C=O) groups is 2. The van der Waals surface area contributed by atoms with E-state index in [1.807, 2.05) is 0 Å². The van der Waals surface area contributed by atoms with E-state index in [-0.39, 0.29) is 22.7 Å². The van der Waals surface area contributed by atoms with E-state index in [1.165, 1.54) is 41.3 Å². The lowest BCUT2D eigenvalue weighted by molar-refractivity contribution is -0.111. The molecule has 0 aliphatic carbocycles. The number of halogens is 1. The molecule has 4 aromatic rings. The number of benzene rings is 4. The molecule has 0 spiro atoms. The Balaban J connectivity index is 1.50. The highest BCUT2D eigenvalue weighted by Gasteiger charge is 2.35. The van der Waals surface area contributed by atoms with Gasteiger partial charge in [-0.2, -0.15) is 5.10 Å². The second-order valence-corrected chi connectivity index (χ2v) is 7.79. The van der Waals surface area contributed by atoms with Crippen LogP contribution in [0.25, 0.3) is 11.1 Å². The fraction of sp³-hybridized carbons (Fsp3) is 0. The van der Waals surface area contributed by atoms with E-state index in [1.54, 1.807) is 54.6 Å². The molecule has 0 unspecified atom stereocenters. The summed E-state index contributed by atoms with van der Waals surface area (Å²) in [5, 5.41) is 24.4. The van der Waals surface area contributed by atoms with E-state index in [2.05, 4.69) is 10.5 Å². The number of nitrogens with one attached hydrogen (secondary N) is 1. The van der Waals surface area contributed by atoms with Gasteiger partial charge < -0.3 is 10.2 Å². The third kappa shape index (κ3) is 3.97. The van der Waals surface area contributed by atoms with Crippen molar-refractivity contribution in [2.45, 2.75) is 0 Å². The van der Waals surface area contributed by atoms with Gasteiger partial charge in [-0.05, 0) is 54.1 Å². The first kappa shape index (κ1) is 21.8. The number of fused-ring (bicyclic) bond motifs is 1. The summed E-state index contributed by atoms with van der Waals surface area (Å²) in [4.78, 5) is 26.1. The highest BCUT2D eigenvalue weighted by Crippen LogP contribution is 2.38. The van der Waals surface area contributed by atoms with E-state index in [4.69, 9.17) is 0 Å². The third-order valence-electron chi connectivity index (χ3n) is 5.64.